The molecule has 0 aliphatic rings. The maximum Gasteiger partial charge on any atom is 0.416 e. The van der Waals surface area contributed by atoms with E-state index in [-0.39, 0.29) is 30.5 Å². The molecule has 0 amide bonds. The summed E-state index contributed by atoms with van der Waals surface area (Å²) in [7, 11) is 0. The number of nitrogens with zero attached hydrogens (tertiary/aromatic N) is 2. The van der Waals surface area contributed by atoms with Gasteiger partial charge in [-0.3, -0.25) is 0 Å². The van der Waals surface area contributed by atoms with Gasteiger partial charge in [0, 0.05) is 18.7 Å². The predicted molar refractivity (Wildman–Crippen MR) is 93.1 cm³/mol. The number of halogens is 4. The summed E-state index contributed by atoms with van der Waals surface area (Å²) in [6.07, 6.45) is -4.36. The van der Waals surface area contributed by atoms with Crippen molar-refractivity contribution in [2.24, 2.45) is 10.7 Å². The van der Waals surface area contributed by atoms with Crippen LogP contribution in [0.4, 0.5) is 13.2 Å². The second kappa shape index (κ2) is 9.56. The SMILES string of the molecule is CCN(CC)C(N)=NCC#Cc1cccc(C(F)(F)F)c1.I. The van der Waals surface area contributed by atoms with Crippen LogP contribution in [0.25, 0.3) is 0 Å². The van der Waals surface area contributed by atoms with Crippen molar-refractivity contribution in [2.75, 3.05) is 19.6 Å². The molecule has 7 heteroatoms. The quantitative estimate of drug-likeness (QED) is 0.350. The number of guanidine groups is 1. The van der Waals surface area contributed by atoms with Crippen molar-refractivity contribution in [3.8, 4) is 11.8 Å². The van der Waals surface area contributed by atoms with Gasteiger partial charge in [0.25, 0.3) is 0 Å². The van der Waals surface area contributed by atoms with Gasteiger partial charge in [-0.2, -0.15) is 13.2 Å². The zero-order valence-electron chi connectivity index (χ0n) is 12.4. The Morgan fingerprint density at radius 2 is 1.91 bits per heavy atom. The molecule has 1 aromatic rings. The highest BCUT2D eigenvalue weighted by atomic mass is 127. The first kappa shape index (κ1) is 20.6. The van der Waals surface area contributed by atoms with Crippen LogP contribution in [-0.4, -0.2) is 30.5 Å². The van der Waals surface area contributed by atoms with E-state index in [1.165, 1.54) is 12.1 Å². The van der Waals surface area contributed by atoms with E-state index in [4.69, 9.17) is 5.73 Å². The predicted octanol–water partition coefficient (Wildman–Crippen LogP) is 3.33. The van der Waals surface area contributed by atoms with Gasteiger partial charge in [0.1, 0.15) is 6.54 Å². The lowest BCUT2D eigenvalue weighted by molar-refractivity contribution is -0.137. The van der Waals surface area contributed by atoms with Crippen molar-refractivity contribution >= 4 is 29.9 Å². The number of aliphatic imine (C=N–C) groups is 1. The van der Waals surface area contributed by atoms with Crippen LogP contribution in [0, 0.1) is 11.8 Å². The third kappa shape index (κ3) is 6.56. The minimum Gasteiger partial charge on any atom is -0.370 e. The molecular formula is C15H19F3IN3. The van der Waals surface area contributed by atoms with Crippen molar-refractivity contribution in [2.45, 2.75) is 20.0 Å². The van der Waals surface area contributed by atoms with Gasteiger partial charge in [0.05, 0.1) is 5.56 Å². The van der Waals surface area contributed by atoms with E-state index >= 15 is 0 Å². The molecule has 0 bridgehead atoms. The molecule has 2 N–H and O–H groups in total. The Bertz CT molecular complexity index is 555. The van der Waals surface area contributed by atoms with Crippen LogP contribution in [-0.2, 0) is 6.18 Å². The van der Waals surface area contributed by atoms with Crippen molar-refractivity contribution in [1.82, 2.24) is 4.90 Å². The Hall–Kier alpha value is -1.43. The molecule has 122 valence electrons. The van der Waals surface area contributed by atoms with Crippen LogP contribution < -0.4 is 5.73 Å². The van der Waals surface area contributed by atoms with Gasteiger partial charge in [0.15, 0.2) is 5.96 Å². The second-order valence-electron chi connectivity index (χ2n) is 4.23. The number of rotatable bonds is 3. The normalized spacial score (nSPS) is 11.2. The molecule has 0 unspecified atom stereocenters. The summed E-state index contributed by atoms with van der Waals surface area (Å²) in [6.45, 7) is 5.55. The summed E-state index contributed by atoms with van der Waals surface area (Å²) in [5.41, 5.74) is 5.36. The van der Waals surface area contributed by atoms with E-state index < -0.39 is 11.7 Å². The Labute approximate surface area is 145 Å². The van der Waals surface area contributed by atoms with Gasteiger partial charge in [-0.1, -0.05) is 17.9 Å². The maximum atomic E-state index is 12.5. The molecule has 1 aromatic carbocycles. The number of nitrogens with two attached hydrogens (primary N) is 1. The molecule has 0 saturated carbocycles. The van der Waals surface area contributed by atoms with Crippen molar-refractivity contribution in [1.29, 1.82) is 0 Å². The van der Waals surface area contributed by atoms with E-state index in [1.54, 1.807) is 0 Å². The fourth-order valence-corrected chi connectivity index (χ4v) is 1.68. The summed E-state index contributed by atoms with van der Waals surface area (Å²) < 4.78 is 37.6. The molecule has 0 aliphatic heterocycles. The molecule has 0 radical (unpaired) electrons. The van der Waals surface area contributed by atoms with Gasteiger partial charge in [-0.05, 0) is 32.0 Å². The van der Waals surface area contributed by atoms with Gasteiger partial charge < -0.3 is 10.6 Å². The fraction of sp³-hybridized carbons (Fsp3) is 0.400. The summed E-state index contributed by atoms with van der Waals surface area (Å²) in [5.74, 6) is 5.75. The van der Waals surface area contributed by atoms with E-state index in [9.17, 15) is 13.2 Å². The lowest BCUT2D eigenvalue weighted by atomic mass is 10.1. The summed E-state index contributed by atoms with van der Waals surface area (Å²) in [6, 6.07) is 4.90. The first-order valence-corrected chi connectivity index (χ1v) is 6.59. The van der Waals surface area contributed by atoms with Crippen molar-refractivity contribution in [3.63, 3.8) is 0 Å². The molecule has 22 heavy (non-hydrogen) atoms. The standard InChI is InChI=1S/C15H18F3N3.HI/c1-3-21(4-2)14(19)20-10-6-8-12-7-5-9-13(11-12)15(16,17)18;/h5,7,9,11H,3-4,10H2,1-2H3,(H2,19,20);1H. The fourth-order valence-electron chi connectivity index (χ4n) is 1.68. The van der Waals surface area contributed by atoms with Gasteiger partial charge in [0.2, 0.25) is 0 Å². The van der Waals surface area contributed by atoms with Gasteiger partial charge >= 0.3 is 6.18 Å². The van der Waals surface area contributed by atoms with E-state index in [0.717, 1.165) is 25.2 Å². The Morgan fingerprint density at radius 1 is 1.27 bits per heavy atom. The number of hydrogen-bond acceptors (Lipinski definition) is 1. The smallest absolute Gasteiger partial charge is 0.370 e. The largest absolute Gasteiger partial charge is 0.416 e. The lowest BCUT2D eigenvalue weighted by Gasteiger charge is -2.18. The third-order valence-corrected chi connectivity index (χ3v) is 2.83. The van der Waals surface area contributed by atoms with E-state index in [0.29, 0.717) is 11.5 Å². The lowest BCUT2D eigenvalue weighted by Crippen LogP contribution is -2.37. The van der Waals surface area contributed by atoms with E-state index in [1.807, 2.05) is 18.7 Å². The topological polar surface area (TPSA) is 41.6 Å². The van der Waals surface area contributed by atoms with Crippen LogP contribution in [0.5, 0.6) is 0 Å². The molecular weight excluding hydrogens is 406 g/mol. The Balaban J connectivity index is 0.00000441. The average molecular weight is 425 g/mol. The number of benzene rings is 1. The van der Waals surface area contributed by atoms with Crippen LogP contribution in [0.3, 0.4) is 0 Å². The summed E-state index contributed by atoms with van der Waals surface area (Å²) in [4.78, 5) is 5.94. The third-order valence-electron chi connectivity index (χ3n) is 2.83. The Kier molecular flexibility index (Phi) is 8.94. The van der Waals surface area contributed by atoms with Gasteiger partial charge in [-0.25, -0.2) is 4.99 Å². The number of alkyl halides is 3. The number of hydrogen-bond donors (Lipinski definition) is 1. The highest BCUT2D eigenvalue weighted by Crippen LogP contribution is 2.29. The molecule has 1 rings (SSSR count). The monoisotopic (exact) mass is 425 g/mol. The highest BCUT2D eigenvalue weighted by Gasteiger charge is 2.30. The highest BCUT2D eigenvalue weighted by molar-refractivity contribution is 14.0. The molecule has 0 atom stereocenters. The molecule has 0 aliphatic carbocycles. The summed E-state index contributed by atoms with van der Waals surface area (Å²) >= 11 is 0. The van der Waals surface area contributed by atoms with Crippen molar-refractivity contribution < 1.29 is 13.2 Å². The van der Waals surface area contributed by atoms with Crippen LogP contribution in [0.1, 0.15) is 25.0 Å². The zero-order valence-corrected chi connectivity index (χ0v) is 14.8. The molecule has 0 saturated heterocycles. The van der Waals surface area contributed by atoms with Crippen LogP contribution in [0.15, 0.2) is 29.3 Å². The molecule has 0 spiro atoms. The zero-order chi connectivity index (χ0) is 15.9. The first-order chi connectivity index (χ1) is 9.88. The minimum atomic E-state index is -4.36. The first-order valence-electron chi connectivity index (χ1n) is 6.59. The molecule has 0 aromatic heterocycles. The van der Waals surface area contributed by atoms with E-state index in [2.05, 4.69) is 16.8 Å². The summed E-state index contributed by atoms with van der Waals surface area (Å²) in [5, 5.41) is 0. The maximum absolute atomic E-state index is 12.5. The van der Waals surface area contributed by atoms with Gasteiger partial charge in [-0.15, -0.1) is 24.0 Å². The van der Waals surface area contributed by atoms with Crippen LogP contribution in [0.2, 0.25) is 0 Å². The van der Waals surface area contributed by atoms with Crippen LogP contribution >= 0.6 is 24.0 Å². The minimum absolute atomic E-state index is 0. The second-order valence-corrected chi connectivity index (χ2v) is 4.23. The molecule has 0 heterocycles. The molecule has 0 fully saturated rings. The average Bonchev–Trinajstić information content (AvgIpc) is 2.44. The van der Waals surface area contributed by atoms with Crippen molar-refractivity contribution in [3.05, 3.63) is 35.4 Å². The Morgan fingerprint density at radius 3 is 2.45 bits per heavy atom. The molecule has 3 nitrogen and oxygen atoms in total.